The Morgan fingerprint density at radius 2 is 1.89 bits per heavy atom. The van der Waals surface area contributed by atoms with Crippen molar-refractivity contribution < 1.29 is 9.84 Å². The van der Waals surface area contributed by atoms with Crippen molar-refractivity contribution in [2.75, 3.05) is 33.4 Å². The lowest BCUT2D eigenvalue weighted by Crippen LogP contribution is -2.33. The number of benzene rings is 1. The molecule has 0 bridgehead atoms. The molecule has 0 fully saturated rings. The molecule has 0 aromatic heterocycles. The topological polar surface area (TPSA) is 32.7 Å². The van der Waals surface area contributed by atoms with Gasteiger partial charge in [0.2, 0.25) is 0 Å². The summed E-state index contributed by atoms with van der Waals surface area (Å²) in [5.74, 6) is 0. The van der Waals surface area contributed by atoms with Gasteiger partial charge in [-0.3, -0.25) is 0 Å². The molecular formula is C15H25NO2. The van der Waals surface area contributed by atoms with Crippen LogP contribution in [-0.2, 0) is 11.2 Å². The van der Waals surface area contributed by atoms with Crippen LogP contribution < -0.4 is 0 Å². The Morgan fingerprint density at radius 1 is 1.22 bits per heavy atom. The van der Waals surface area contributed by atoms with Gasteiger partial charge in [-0.05, 0) is 32.9 Å². The lowest BCUT2D eigenvalue weighted by molar-refractivity contribution is 0.0719. The van der Waals surface area contributed by atoms with Gasteiger partial charge in [-0.1, -0.05) is 29.8 Å². The molecule has 1 rings (SSSR count). The second-order valence-electron chi connectivity index (χ2n) is 4.86. The minimum atomic E-state index is 0.0998. The van der Waals surface area contributed by atoms with Crippen molar-refractivity contribution in [2.45, 2.75) is 26.3 Å². The number of likely N-dealkylation sites (N-methyl/N-ethyl adjacent to an activating group) is 1. The molecule has 1 atom stereocenters. The number of aliphatic hydroxyl groups is 1. The normalized spacial score (nSPS) is 12.9. The molecule has 102 valence electrons. The zero-order chi connectivity index (χ0) is 13.4. The number of hydrogen-bond acceptors (Lipinski definition) is 3. The number of rotatable bonds is 8. The van der Waals surface area contributed by atoms with E-state index in [1.807, 2.05) is 0 Å². The third-order valence-electron chi connectivity index (χ3n) is 3.23. The fourth-order valence-corrected chi connectivity index (χ4v) is 1.82. The lowest BCUT2D eigenvalue weighted by atomic mass is 10.0. The van der Waals surface area contributed by atoms with E-state index in [2.05, 4.69) is 50.1 Å². The SMILES string of the molecule is Cc1ccc(CC(C)N(C)CCOCCO)cc1. The standard InChI is InChI=1S/C15H25NO2/c1-13-4-6-15(7-5-13)12-14(2)16(3)8-10-18-11-9-17/h4-7,14,17H,8-12H2,1-3H3. The molecule has 0 radical (unpaired) electrons. The van der Waals surface area contributed by atoms with E-state index >= 15 is 0 Å². The van der Waals surface area contributed by atoms with Gasteiger partial charge < -0.3 is 14.7 Å². The fraction of sp³-hybridized carbons (Fsp3) is 0.600. The summed E-state index contributed by atoms with van der Waals surface area (Å²) in [4.78, 5) is 2.29. The van der Waals surface area contributed by atoms with Crippen molar-refractivity contribution in [3.63, 3.8) is 0 Å². The van der Waals surface area contributed by atoms with Crippen LogP contribution in [0.1, 0.15) is 18.1 Å². The monoisotopic (exact) mass is 251 g/mol. The molecule has 0 amide bonds. The van der Waals surface area contributed by atoms with Crippen LogP contribution in [0.15, 0.2) is 24.3 Å². The zero-order valence-electron chi connectivity index (χ0n) is 11.7. The highest BCUT2D eigenvalue weighted by Crippen LogP contribution is 2.09. The van der Waals surface area contributed by atoms with E-state index in [0.717, 1.165) is 13.0 Å². The predicted octanol–water partition coefficient (Wildman–Crippen LogP) is 1.87. The molecule has 1 N–H and O–H groups in total. The van der Waals surface area contributed by atoms with E-state index in [-0.39, 0.29) is 6.61 Å². The maximum absolute atomic E-state index is 8.62. The molecule has 0 aliphatic carbocycles. The Morgan fingerprint density at radius 3 is 2.50 bits per heavy atom. The number of ether oxygens (including phenoxy) is 1. The first-order valence-corrected chi connectivity index (χ1v) is 6.58. The number of hydrogen-bond donors (Lipinski definition) is 1. The number of aliphatic hydroxyl groups excluding tert-OH is 1. The first-order chi connectivity index (χ1) is 8.63. The van der Waals surface area contributed by atoms with Crippen molar-refractivity contribution in [1.82, 2.24) is 4.90 Å². The van der Waals surface area contributed by atoms with Crippen LogP contribution in [0.2, 0.25) is 0 Å². The summed E-state index contributed by atoms with van der Waals surface area (Å²) in [5, 5.41) is 8.62. The van der Waals surface area contributed by atoms with Gasteiger partial charge in [0.15, 0.2) is 0 Å². The van der Waals surface area contributed by atoms with Crippen LogP contribution in [0.25, 0.3) is 0 Å². The summed E-state index contributed by atoms with van der Waals surface area (Å²) >= 11 is 0. The Kier molecular flexibility index (Phi) is 6.94. The molecule has 1 aromatic rings. The summed E-state index contributed by atoms with van der Waals surface area (Å²) in [6, 6.07) is 9.20. The first-order valence-electron chi connectivity index (χ1n) is 6.58. The van der Waals surface area contributed by atoms with E-state index in [1.54, 1.807) is 0 Å². The third kappa shape index (κ3) is 5.63. The molecule has 1 aromatic carbocycles. The maximum Gasteiger partial charge on any atom is 0.0698 e. The minimum Gasteiger partial charge on any atom is -0.394 e. The second-order valence-corrected chi connectivity index (χ2v) is 4.86. The average molecular weight is 251 g/mol. The predicted molar refractivity (Wildman–Crippen MR) is 74.9 cm³/mol. The van der Waals surface area contributed by atoms with Crippen LogP contribution in [0.3, 0.4) is 0 Å². The van der Waals surface area contributed by atoms with E-state index in [1.165, 1.54) is 11.1 Å². The summed E-state index contributed by atoms with van der Waals surface area (Å²) in [7, 11) is 2.11. The summed E-state index contributed by atoms with van der Waals surface area (Å²) in [5.41, 5.74) is 2.67. The van der Waals surface area contributed by atoms with Crippen LogP contribution in [-0.4, -0.2) is 49.5 Å². The van der Waals surface area contributed by atoms with Gasteiger partial charge in [-0.15, -0.1) is 0 Å². The van der Waals surface area contributed by atoms with Crippen molar-refractivity contribution in [1.29, 1.82) is 0 Å². The van der Waals surface area contributed by atoms with Crippen LogP contribution in [0.4, 0.5) is 0 Å². The fourth-order valence-electron chi connectivity index (χ4n) is 1.82. The van der Waals surface area contributed by atoms with E-state index < -0.39 is 0 Å². The van der Waals surface area contributed by atoms with Crippen LogP contribution >= 0.6 is 0 Å². The third-order valence-corrected chi connectivity index (χ3v) is 3.23. The van der Waals surface area contributed by atoms with Gasteiger partial charge in [0.1, 0.15) is 0 Å². The number of aryl methyl sites for hydroxylation is 1. The van der Waals surface area contributed by atoms with Crippen molar-refractivity contribution in [2.24, 2.45) is 0 Å². The highest BCUT2D eigenvalue weighted by atomic mass is 16.5. The van der Waals surface area contributed by atoms with Gasteiger partial charge >= 0.3 is 0 Å². The van der Waals surface area contributed by atoms with Gasteiger partial charge in [0.25, 0.3) is 0 Å². The molecule has 0 heterocycles. The smallest absolute Gasteiger partial charge is 0.0698 e. The largest absolute Gasteiger partial charge is 0.394 e. The van der Waals surface area contributed by atoms with Crippen molar-refractivity contribution in [3.05, 3.63) is 35.4 Å². The van der Waals surface area contributed by atoms with Gasteiger partial charge in [-0.2, -0.15) is 0 Å². The van der Waals surface area contributed by atoms with Gasteiger partial charge in [0, 0.05) is 12.6 Å². The molecule has 3 heteroatoms. The highest BCUT2D eigenvalue weighted by molar-refractivity contribution is 5.21. The summed E-state index contributed by atoms with van der Waals surface area (Å²) in [6.45, 7) is 6.44. The van der Waals surface area contributed by atoms with E-state index in [9.17, 15) is 0 Å². The van der Waals surface area contributed by atoms with E-state index in [4.69, 9.17) is 9.84 Å². The molecule has 18 heavy (non-hydrogen) atoms. The molecule has 1 unspecified atom stereocenters. The van der Waals surface area contributed by atoms with Gasteiger partial charge in [0.05, 0.1) is 19.8 Å². The van der Waals surface area contributed by atoms with Crippen LogP contribution in [0, 0.1) is 6.92 Å². The molecular weight excluding hydrogens is 226 g/mol. The Balaban J connectivity index is 2.30. The first kappa shape index (κ1) is 15.2. The Hall–Kier alpha value is -0.900. The Bertz CT molecular complexity index is 324. The molecule has 0 spiro atoms. The Labute approximate surface area is 110 Å². The molecule has 0 saturated heterocycles. The van der Waals surface area contributed by atoms with Crippen molar-refractivity contribution in [3.8, 4) is 0 Å². The summed E-state index contributed by atoms with van der Waals surface area (Å²) in [6.07, 6.45) is 1.05. The second kappa shape index (κ2) is 8.25. The number of nitrogens with zero attached hydrogens (tertiary/aromatic N) is 1. The molecule has 0 saturated carbocycles. The molecule has 0 aliphatic rings. The molecule has 0 aliphatic heterocycles. The zero-order valence-corrected chi connectivity index (χ0v) is 11.7. The van der Waals surface area contributed by atoms with Crippen molar-refractivity contribution >= 4 is 0 Å². The maximum atomic E-state index is 8.62. The van der Waals surface area contributed by atoms with Crippen LogP contribution in [0.5, 0.6) is 0 Å². The average Bonchev–Trinajstić information content (AvgIpc) is 2.37. The molecule has 3 nitrogen and oxygen atoms in total. The minimum absolute atomic E-state index is 0.0998. The highest BCUT2D eigenvalue weighted by Gasteiger charge is 2.09. The quantitative estimate of drug-likeness (QED) is 0.716. The van der Waals surface area contributed by atoms with Gasteiger partial charge in [-0.25, -0.2) is 0 Å². The summed E-state index contributed by atoms with van der Waals surface area (Å²) < 4.78 is 5.28. The van der Waals surface area contributed by atoms with E-state index in [0.29, 0.717) is 19.3 Å². The lowest BCUT2D eigenvalue weighted by Gasteiger charge is -2.24.